The summed E-state index contributed by atoms with van der Waals surface area (Å²) in [7, 11) is 0. The third kappa shape index (κ3) is 4.24. The zero-order chi connectivity index (χ0) is 19.3. The number of hydrogen-bond donors (Lipinski definition) is 0. The van der Waals surface area contributed by atoms with Crippen LogP contribution in [0.4, 0.5) is 0 Å². The first-order valence-electron chi connectivity index (χ1n) is 8.90. The molecular formula is C21H18ClN3O2S. The van der Waals surface area contributed by atoms with Gasteiger partial charge in [0, 0.05) is 35.9 Å². The smallest absolute Gasteiger partial charge is 0.264 e. The molecule has 28 heavy (non-hydrogen) atoms. The van der Waals surface area contributed by atoms with E-state index in [1.807, 2.05) is 53.9 Å². The number of amides is 1. The average molecular weight is 412 g/mol. The molecule has 1 aromatic carbocycles. The largest absolute Gasteiger partial charge is 0.390 e. The van der Waals surface area contributed by atoms with Crippen molar-refractivity contribution < 1.29 is 9.63 Å². The summed E-state index contributed by atoms with van der Waals surface area (Å²) >= 11 is 7.75. The molecule has 0 unspecified atom stereocenters. The van der Waals surface area contributed by atoms with Gasteiger partial charge in [-0.1, -0.05) is 41.0 Å². The zero-order valence-corrected chi connectivity index (χ0v) is 16.6. The Morgan fingerprint density at radius 1 is 1.21 bits per heavy atom. The second kappa shape index (κ2) is 8.54. The molecule has 0 saturated carbocycles. The topological polar surface area (TPSA) is 54.8 Å². The number of aromatic nitrogens is 1. The lowest BCUT2D eigenvalue weighted by Gasteiger charge is -2.25. The predicted octanol–water partition coefficient (Wildman–Crippen LogP) is 4.63. The van der Waals surface area contributed by atoms with Crippen LogP contribution in [0.3, 0.4) is 0 Å². The van der Waals surface area contributed by atoms with Crippen molar-refractivity contribution >= 4 is 34.6 Å². The molecule has 0 aliphatic carbocycles. The molecule has 1 aliphatic heterocycles. The van der Waals surface area contributed by atoms with E-state index in [9.17, 15) is 4.79 Å². The predicted molar refractivity (Wildman–Crippen MR) is 111 cm³/mol. The Kier molecular flexibility index (Phi) is 5.69. The number of oxime groups is 1. The second-order valence-corrected chi connectivity index (χ2v) is 7.82. The van der Waals surface area contributed by atoms with Gasteiger partial charge in [-0.2, -0.15) is 0 Å². The van der Waals surface area contributed by atoms with Gasteiger partial charge in [0.1, 0.15) is 0 Å². The summed E-state index contributed by atoms with van der Waals surface area (Å²) in [6, 6.07) is 15.1. The first-order valence-corrected chi connectivity index (χ1v) is 10.2. The van der Waals surface area contributed by atoms with Crippen LogP contribution in [0, 0.1) is 0 Å². The minimum atomic E-state index is -0.207. The summed E-state index contributed by atoms with van der Waals surface area (Å²) in [5.41, 5.74) is 2.69. The molecule has 0 fully saturated rings. The average Bonchev–Trinajstić information content (AvgIpc) is 3.41. The summed E-state index contributed by atoms with van der Waals surface area (Å²) in [6.07, 6.45) is 3.91. The van der Waals surface area contributed by atoms with Gasteiger partial charge in [-0.05, 0) is 35.2 Å². The Morgan fingerprint density at radius 3 is 2.86 bits per heavy atom. The minimum Gasteiger partial charge on any atom is -0.390 e. The highest BCUT2D eigenvalue weighted by atomic mass is 35.5. The minimum absolute atomic E-state index is 0.0339. The molecular weight excluding hydrogens is 394 g/mol. The first kappa shape index (κ1) is 18.7. The van der Waals surface area contributed by atoms with Crippen LogP contribution in [0.15, 0.2) is 71.5 Å². The summed E-state index contributed by atoms with van der Waals surface area (Å²) in [5, 5.41) is 6.75. The van der Waals surface area contributed by atoms with Crippen LogP contribution in [-0.2, 0) is 11.4 Å². The first-order chi connectivity index (χ1) is 13.7. The van der Waals surface area contributed by atoms with E-state index in [1.54, 1.807) is 17.3 Å². The molecule has 142 valence electrons. The van der Waals surface area contributed by atoms with Crippen LogP contribution in [0.5, 0.6) is 0 Å². The van der Waals surface area contributed by atoms with Crippen LogP contribution in [0.1, 0.15) is 27.2 Å². The van der Waals surface area contributed by atoms with Gasteiger partial charge < -0.3 is 9.74 Å². The quantitative estimate of drug-likeness (QED) is 0.594. The fraction of sp³-hybridized carbons (Fsp3) is 0.190. The molecule has 1 aliphatic rings. The third-order valence-electron chi connectivity index (χ3n) is 4.49. The standard InChI is InChI=1S/C21H18ClN3O2S/c22-18-7-2-1-5-16(18)13-25(21(26)20-8-4-10-28-20)14-17-11-19(24-27-17)15-6-3-9-23-12-15/h1-10,12,17H,11,13-14H2/t17-/m0/s1. The molecule has 3 heterocycles. The molecule has 5 nitrogen and oxygen atoms in total. The number of hydrogen-bond acceptors (Lipinski definition) is 5. The molecule has 1 amide bonds. The van der Waals surface area contributed by atoms with Crippen molar-refractivity contribution in [2.24, 2.45) is 5.16 Å². The van der Waals surface area contributed by atoms with E-state index in [1.165, 1.54) is 11.3 Å². The Morgan fingerprint density at radius 2 is 2.11 bits per heavy atom. The van der Waals surface area contributed by atoms with Gasteiger partial charge >= 0.3 is 0 Å². The van der Waals surface area contributed by atoms with Gasteiger partial charge in [-0.25, -0.2) is 0 Å². The van der Waals surface area contributed by atoms with E-state index in [0.29, 0.717) is 29.4 Å². The molecule has 1 atom stereocenters. The Labute approximate surface area is 172 Å². The molecule has 7 heteroatoms. The maximum atomic E-state index is 13.1. The van der Waals surface area contributed by atoms with Crippen molar-refractivity contribution in [3.05, 3.63) is 87.3 Å². The summed E-state index contributed by atoms with van der Waals surface area (Å²) in [5.74, 6) is -0.0339. The number of carbonyl (C=O) groups excluding carboxylic acids is 1. The van der Waals surface area contributed by atoms with Crippen molar-refractivity contribution in [3.8, 4) is 0 Å². The molecule has 2 aromatic heterocycles. The van der Waals surface area contributed by atoms with Crippen molar-refractivity contribution in [2.75, 3.05) is 6.54 Å². The molecule has 3 aromatic rings. The SMILES string of the molecule is O=C(c1cccs1)N(Cc1ccccc1Cl)C[C@@H]1CC(c2cccnc2)=NO1. The number of benzene rings is 1. The molecule has 0 saturated heterocycles. The van der Waals surface area contributed by atoms with Crippen molar-refractivity contribution in [1.29, 1.82) is 0 Å². The lowest BCUT2D eigenvalue weighted by atomic mass is 10.1. The lowest BCUT2D eigenvalue weighted by Crippen LogP contribution is -2.37. The number of carbonyl (C=O) groups is 1. The number of halogens is 1. The van der Waals surface area contributed by atoms with Gasteiger partial charge in [-0.15, -0.1) is 11.3 Å². The Bertz CT molecular complexity index is 976. The highest BCUT2D eigenvalue weighted by molar-refractivity contribution is 7.12. The van der Waals surface area contributed by atoms with Gasteiger partial charge in [0.25, 0.3) is 5.91 Å². The number of thiophene rings is 1. The van der Waals surface area contributed by atoms with Gasteiger partial charge in [0.05, 0.1) is 17.1 Å². The second-order valence-electron chi connectivity index (χ2n) is 6.47. The number of rotatable bonds is 6. The van der Waals surface area contributed by atoms with Crippen molar-refractivity contribution in [1.82, 2.24) is 9.88 Å². The Balaban J connectivity index is 1.50. The summed E-state index contributed by atoms with van der Waals surface area (Å²) in [4.78, 5) is 25.3. The highest BCUT2D eigenvalue weighted by Gasteiger charge is 2.28. The maximum Gasteiger partial charge on any atom is 0.264 e. The van der Waals surface area contributed by atoms with Crippen LogP contribution in [0.2, 0.25) is 5.02 Å². The number of pyridine rings is 1. The van der Waals surface area contributed by atoms with E-state index >= 15 is 0 Å². The lowest BCUT2D eigenvalue weighted by molar-refractivity contribution is 0.0408. The molecule has 0 N–H and O–H groups in total. The van der Waals surface area contributed by atoms with E-state index in [0.717, 1.165) is 16.8 Å². The van der Waals surface area contributed by atoms with Gasteiger partial charge in [0.2, 0.25) is 0 Å². The molecule has 0 bridgehead atoms. The fourth-order valence-corrected chi connectivity index (χ4v) is 3.97. The molecule has 0 spiro atoms. The fourth-order valence-electron chi connectivity index (χ4n) is 3.08. The summed E-state index contributed by atoms with van der Waals surface area (Å²) in [6.45, 7) is 0.841. The normalized spacial score (nSPS) is 15.8. The van der Waals surface area contributed by atoms with Crippen LogP contribution < -0.4 is 0 Å². The monoisotopic (exact) mass is 411 g/mol. The third-order valence-corrected chi connectivity index (χ3v) is 5.72. The van der Waals surface area contributed by atoms with E-state index in [2.05, 4.69) is 10.1 Å². The van der Waals surface area contributed by atoms with E-state index < -0.39 is 0 Å². The summed E-state index contributed by atoms with van der Waals surface area (Å²) < 4.78 is 0. The van der Waals surface area contributed by atoms with Crippen molar-refractivity contribution in [3.63, 3.8) is 0 Å². The highest BCUT2D eigenvalue weighted by Crippen LogP contribution is 2.23. The maximum absolute atomic E-state index is 13.1. The molecule has 4 rings (SSSR count). The van der Waals surface area contributed by atoms with Crippen LogP contribution >= 0.6 is 22.9 Å². The van der Waals surface area contributed by atoms with E-state index in [4.69, 9.17) is 16.4 Å². The molecule has 0 radical (unpaired) electrons. The van der Waals surface area contributed by atoms with Gasteiger partial charge in [0.15, 0.2) is 6.10 Å². The number of nitrogens with zero attached hydrogens (tertiary/aromatic N) is 3. The van der Waals surface area contributed by atoms with Crippen molar-refractivity contribution in [2.45, 2.75) is 19.1 Å². The van der Waals surface area contributed by atoms with Crippen LogP contribution in [-0.4, -0.2) is 34.2 Å². The van der Waals surface area contributed by atoms with E-state index in [-0.39, 0.29) is 12.0 Å². The van der Waals surface area contributed by atoms with Crippen LogP contribution in [0.25, 0.3) is 0 Å². The Hall–Kier alpha value is -2.70. The van der Waals surface area contributed by atoms with Gasteiger partial charge in [-0.3, -0.25) is 9.78 Å². The zero-order valence-electron chi connectivity index (χ0n) is 15.0.